The van der Waals surface area contributed by atoms with Crippen molar-refractivity contribution in [3.63, 3.8) is 0 Å². The minimum atomic E-state index is 0.0633. The van der Waals surface area contributed by atoms with Gasteiger partial charge >= 0.3 is 0 Å². The molecule has 1 aliphatic heterocycles. The zero-order valence-electron chi connectivity index (χ0n) is 14.0. The van der Waals surface area contributed by atoms with Crippen LogP contribution in [0.4, 0.5) is 0 Å². The first kappa shape index (κ1) is 16.2. The van der Waals surface area contributed by atoms with Crippen molar-refractivity contribution in [3.05, 3.63) is 35.9 Å². The third-order valence-corrected chi connectivity index (χ3v) is 5.57. The second kappa shape index (κ2) is 7.29. The maximum absolute atomic E-state index is 12.7. The molecular formula is C20H27NO2. The third-order valence-electron chi connectivity index (χ3n) is 5.57. The monoisotopic (exact) mass is 313 g/mol. The fraction of sp³-hybridized carbons (Fsp3) is 0.600. The fourth-order valence-electron chi connectivity index (χ4n) is 4.03. The lowest BCUT2D eigenvalue weighted by molar-refractivity contribution is -0.140. The van der Waals surface area contributed by atoms with E-state index in [1.807, 2.05) is 6.92 Å². The van der Waals surface area contributed by atoms with Gasteiger partial charge in [-0.05, 0) is 43.6 Å². The average Bonchev–Trinajstić information content (AvgIpc) is 2.58. The minimum absolute atomic E-state index is 0.0633. The van der Waals surface area contributed by atoms with Crippen molar-refractivity contribution < 1.29 is 9.59 Å². The van der Waals surface area contributed by atoms with Crippen molar-refractivity contribution in [2.45, 2.75) is 45.4 Å². The molecule has 1 aromatic rings. The molecular weight excluding hydrogens is 286 g/mol. The summed E-state index contributed by atoms with van der Waals surface area (Å²) in [6.45, 7) is 3.73. The number of nitrogens with zero attached hydrogens (tertiary/aromatic N) is 1. The molecule has 1 saturated carbocycles. The Kier molecular flexibility index (Phi) is 5.14. The Morgan fingerprint density at radius 2 is 1.83 bits per heavy atom. The number of rotatable bonds is 3. The van der Waals surface area contributed by atoms with Gasteiger partial charge in [0, 0.05) is 31.3 Å². The lowest BCUT2D eigenvalue weighted by Gasteiger charge is -2.36. The highest BCUT2D eigenvalue weighted by atomic mass is 16.2. The van der Waals surface area contributed by atoms with Gasteiger partial charge in [-0.2, -0.15) is 0 Å². The molecule has 2 fully saturated rings. The normalized spacial score (nSPS) is 26.3. The second-order valence-electron chi connectivity index (χ2n) is 7.30. The number of carbonyl (C=O) groups is 2. The van der Waals surface area contributed by atoms with E-state index in [-0.39, 0.29) is 11.8 Å². The van der Waals surface area contributed by atoms with Crippen molar-refractivity contribution in [3.8, 4) is 0 Å². The molecule has 2 aliphatic rings. The molecule has 0 radical (unpaired) electrons. The quantitative estimate of drug-likeness (QED) is 0.857. The summed E-state index contributed by atoms with van der Waals surface area (Å²) in [4.78, 5) is 26.4. The highest BCUT2D eigenvalue weighted by molar-refractivity contribution is 5.86. The van der Waals surface area contributed by atoms with E-state index in [4.69, 9.17) is 0 Å². The van der Waals surface area contributed by atoms with Gasteiger partial charge in [-0.1, -0.05) is 37.3 Å². The van der Waals surface area contributed by atoms with Crippen LogP contribution in [0.15, 0.2) is 30.3 Å². The van der Waals surface area contributed by atoms with Gasteiger partial charge < -0.3 is 4.90 Å². The molecule has 3 heteroatoms. The first-order valence-electron chi connectivity index (χ1n) is 8.99. The van der Waals surface area contributed by atoms with E-state index in [2.05, 4.69) is 35.2 Å². The maximum atomic E-state index is 12.7. The van der Waals surface area contributed by atoms with Crippen LogP contribution in [0.3, 0.4) is 0 Å². The molecule has 0 aromatic heterocycles. The first-order chi connectivity index (χ1) is 11.1. The number of ketones is 1. The molecule has 0 bridgehead atoms. The lowest BCUT2D eigenvalue weighted by atomic mass is 9.80. The van der Waals surface area contributed by atoms with Gasteiger partial charge in [0.25, 0.3) is 0 Å². The van der Waals surface area contributed by atoms with Gasteiger partial charge in [0.05, 0.1) is 0 Å². The predicted octanol–water partition coefficient (Wildman–Crippen LogP) is 3.47. The molecule has 0 spiro atoms. The van der Waals surface area contributed by atoms with E-state index < -0.39 is 0 Å². The van der Waals surface area contributed by atoms with Gasteiger partial charge in [0.15, 0.2) is 0 Å². The van der Waals surface area contributed by atoms with Gasteiger partial charge in [0.1, 0.15) is 5.78 Å². The van der Waals surface area contributed by atoms with Crippen LogP contribution in [-0.4, -0.2) is 29.7 Å². The number of hydrogen-bond acceptors (Lipinski definition) is 2. The van der Waals surface area contributed by atoms with E-state index >= 15 is 0 Å². The number of likely N-dealkylation sites (tertiary alicyclic amines) is 1. The Bertz CT molecular complexity index is 546. The highest BCUT2D eigenvalue weighted by Crippen LogP contribution is 2.30. The lowest BCUT2D eigenvalue weighted by Crippen LogP contribution is -2.43. The Morgan fingerprint density at radius 1 is 1.13 bits per heavy atom. The Labute approximate surface area is 139 Å². The average molecular weight is 313 g/mol. The zero-order chi connectivity index (χ0) is 16.2. The van der Waals surface area contributed by atoms with Crippen LogP contribution >= 0.6 is 0 Å². The smallest absolute Gasteiger partial charge is 0.225 e. The molecule has 1 aliphatic carbocycles. The van der Waals surface area contributed by atoms with Crippen LogP contribution in [0.1, 0.15) is 44.6 Å². The summed E-state index contributed by atoms with van der Waals surface area (Å²) in [5, 5.41) is 0. The van der Waals surface area contributed by atoms with E-state index in [0.717, 1.165) is 45.2 Å². The number of hydrogen-bond donors (Lipinski definition) is 0. The van der Waals surface area contributed by atoms with Crippen LogP contribution < -0.4 is 0 Å². The number of carbonyl (C=O) groups excluding carboxylic acids is 2. The summed E-state index contributed by atoms with van der Waals surface area (Å²) in [5.41, 5.74) is 1.40. The largest absolute Gasteiger partial charge is 0.342 e. The molecule has 3 rings (SSSR count). The number of benzene rings is 1. The van der Waals surface area contributed by atoms with E-state index in [1.54, 1.807) is 0 Å². The van der Waals surface area contributed by atoms with Gasteiger partial charge in [-0.3, -0.25) is 9.59 Å². The summed E-state index contributed by atoms with van der Waals surface area (Å²) in [6.07, 6.45) is 5.41. The van der Waals surface area contributed by atoms with Crippen LogP contribution in [0.25, 0.3) is 0 Å². The topological polar surface area (TPSA) is 37.4 Å². The molecule has 0 N–H and O–H groups in total. The van der Waals surface area contributed by atoms with Crippen molar-refractivity contribution in [2.24, 2.45) is 17.8 Å². The molecule has 1 saturated heterocycles. The standard InChI is InChI=1S/C20H27NO2/c1-15-13-18(7-8-19(15)22)20(23)21-11-9-17(10-12-21)14-16-5-3-2-4-6-16/h2-6,15,17-18H,7-14H2,1H3/t15-,18-/m1/s1. The Balaban J connectivity index is 1.49. The van der Waals surface area contributed by atoms with Crippen LogP contribution in [0.2, 0.25) is 0 Å². The number of piperidine rings is 1. The van der Waals surface area contributed by atoms with Crippen molar-refractivity contribution >= 4 is 11.7 Å². The molecule has 2 atom stereocenters. The summed E-state index contributed by atoms with van der Waals surface area (Å²) in [6, 6.07) is 10.6. The summed E-state index contributed by atoms with van der Waals surface area (Å²) < 4.78 is 0. The second-order valence-corrected chi connectivity index (χ2v) is 7.30. The molecule has 1 heterocycles. The van der Waals surface area contributed by atoms with Gasteiger partial charge in [-0.15, -0.1) is 0 Å². The SMILES string of the molecule is C[C@@H]1C[C@H](C(=O)N2CCC(Cc3ccccc3)CC2)CCC1=O. The van der Waals surface area contributed by atoms with Crippen LogP contribution in [-0.2, 0) is 16.0 Å². The first-order valence-corrected chi connectivity index (χ1v) is 8.99. The molecule has 23 heavy (non-hydrogen) atoms. The summed E-state index contributed by atoms with van der Waals surface area (Å²) >= 11 is 0. The third kappa shape index (κ3) is 4.01. The highest BCUT2D eigenvalue weighted by Gasteiger charge is 2.33. The molecule has 3 nitrogen and oxygen atoms in total. The van der Waals surface area contributed by atoms with E-state index in [9.17, 15) is 9.59 Å². The molecule has 0 unspecified atom stereocenters. The zero-order valence-corrected chi connectivity index (χ0v) is 14.0. The van der Waals surface area contributed by atoms with Crippen molar-refractivity contribution in [1.82, 2.24) is 4.90 Å². The maximum Gasteiger partial charge on any atom is 0.225 e. The molecule has 1 aromatic carbocycles. The minimum Gasteiger partial charge on any atom is -0.342 e. The van der Waals surface area contributed by atoms with Crippen LogP contribution in [0.5, 0.6) is 0 Å². The molecule has 1 amide bonds. The summed E-state index contributed by atoms with van der Waals surface area (Å²) in [7, 11) is 0. The number of Topliss-reactive ketones (excluding diaryl/α,β-unsaturated/α-hetero) is 1. The fourth-order valence-corrected chi connectivity index (χ4v) is 4.03. The Hall–Kier alpha value is -1.64. The van der Waals surface area contributed by atoms with E-state index in [1.165, 1.54) is 5.56 Å². The Morgan fingerprint density at radius 3 is 2.48 bits per heavy atom. The van der Waals surface area contributed by atoms with E-state index in [0.29, 0.717) is 24.0 Å². The van der Waals surface area contributed by atoms with Crippen molar-refractivity contribution in [1.29, 1.82) is 0 Å². The van der Waals surface area contributed by atoms with Gasteiger partial charge in [-0.25, -0.2) is 0 Å². The van der Waals surface area contributed by atoms with Gasteiger partial charge in [0.2, 0.25) is 5.91 Å². The summed E-state index contributed by atoms with van der Waals surface area (Å²) in [5.74, 6) is 1.45. The van der Waals surface area contributed by atoms with Crippen LogP contribution in [0, 0.1) is 17.8 Å². The predicted molar refractivity (Wildman–Crippen MR) is 91.0 cm³/mol. The van der Waals surface area contributed by atoms with Crippen molar-refractivity contribution in [2.75, 3.05) is 13.1 Å². The molecule has 124 valence electrons. The number of amides is 1.